The molecular weight excluding hydrogens is 344 g/mol. The molecule has 0 radical (unpaired) electrons. The van der Waals surface area contributed by atoms with Crippen LogP contribution in [0.2, 0.25) is 0 Å². The molecular formula is C20H22N4O3. The fraction of sp³-hybridized carbons (Fsp3) is 0.250. The second-order valence-corrected chi connectivity index (χ2v) is 6.41. The zero-order valence-corrected chi connectivity index (χ0v) is 15.5. The maximum absolute atomic E-state index is 12.7. The molecule has 140 valence electrons. The Morgan fingerprint density at radius 2 is 1.81 bits per heavy atom. The third-order valence-corrected chi connectivity index (χ3v) is 4.49. The highest BCUT2D eigenvalue weighted by atomic mass is 16.5. The predicted molar refractivity (Wildman–Crippen MR) is 104 cm³/mol. The van der Waals surface area contributed by atoms with Crippen LogP contribution in [0.3, 0.4) is 0 Å². The number of carbonyl (C=O) groups is 1. The van der Waals surface area contributed by atoms with Crippen molar-refractivity contribution in [3.05, 3.63) is 70.1 Å². The minimum Gasteiger partial charge on any atom is -0.497 e. The fourth-order valence-corrected chi connectivity index (χ4v) is 2.99. The molecule has 1 aromatic heterocycles. The molecule has 0 saturated heterocycles. The highest BCUT2D eigenvalue weighted by Crippen LogP contribution is 2.21. The number of H-pyrrole nitrogens is 1. The summed E-state index contributed by atoms with van der Waals surface area (Å²) in [4.78, 5) is 26.6. The number of fused-ring (bicyclic) bond motifs is 1. The van der Waals surface area contributed by atoms with E-state index in [9.17, 15) is 9.59 Å². The Hall–Kier alpha value is -3.19. The minimum atomic E-state index is -0.331. The minimum absolute atomic E-state index is 0.0196. The summed E-state index contributed by atoms with van der Waals surface area (Å²) in [7, 11) is 5.53. The van der Waals surface area contributed by atoms with Crippen molar-refractivity contribution in [2.45, 2.75) is 6.04 Å². The third-order valence-electron chi connectivity index (χ3n) is 4.49. The van der Waals surface area contributed by atoms with E-state index in [1.807, 2.05) is 43.3 Å². The highest BCUT2D eigenvalue weighted by Gasteiger charge is 2.18. The summed E-state index contributed by atoms with van der Waals surface area (Å²) in [5.74, 6) is 0.451. The lowest BCUT2D eigenvalue weighted by molar-refractivity contribution is 0.0937. The van der Waals surface area contributed by atoms with E-state index < -0.39 is 0 Å². The number of nitrogens with zero attached hydrogens (tertiary/aromatic N) is 2. The summed E-state index contributed by atoms with van der Waals surface area (Å²) in [6.07, 6.45) is 0. The Labute approximate surface area is 157 Å². The Kier molecular flexibility index (Phi) is 5.52. The van der Waals surface area contributed by atoms with Crippen molar-refractivity contribution in [1.82, 2.24) is 20.4 Å². The second-order valence-electron chi connectivity index (χ2n) is 6.41. The molecule has 0 aliphatic rings. The Bertz CT molecular complexity index is 996. The van der Waals surface area contributed by atoms with E-state index in [0.717, 1.165) is 11.3 Å². The molecule has 1 amide bonds. The van der Waals surface area contributed by atoms with Crippen LogP contribution in [0.1, 0.15) is 22.1 Å². The predicted octanol–water partition coefficient (Wildman–Crippen LogP) is 1.96. The van der Waals surface area contributed by atoms with E-state index in [1.165, 1.54) is 0 Å². The van der Waals surface area contributed by atoms with Gasteiger partial charge in [-0.2, -0.15) is 5.10 Å². The van der Waals surface area contributed by atoms with Crippen LogP contribution in [0.25, 0.3) is 10.8 Å². The fourth-order valence-electron chi connectivity index (χ4n) is 2.99. The van der Waals surface area contributed by atoms with Gasteiger partial charge in [0.15, 0.2) is 5.69 Å². The van der Waals surface area contributed by atoms with Gasteiger partial charge in [-0.05, 0) is 37.9 Å². The number of benzene rings is 2. The molecule has 7 nitrogen and oxygen atoms in total. The largest absolute Gasteiger partial charge is 0.497 e. The molecule has 2 aromatic carbocycles. The monoisotopic (exact) mass is 366 g/mol. The van der Waals surface area contributed by atoms with Gasteiger partial charge in [0.1, 0.15) is 5.75 Å². The number of amides is 1. The number of aromatic nitrogens is 2. The lowest BCUT2D eigenvalue weighted by atomic mass is 10.1. The van der Waals surface area contributed by atoms with Crippen molar-refractivity contribution in [2.24, 2.45) is 0 Å². The summed E-state index contributed by atoms with van der Waals surface area (Å²) >= 11 is 0. The summed E-state index contributed by atoms with van der Waals surface area (Å²) in [5.41, 5.74) is 0.948. The summed E-state index contributed by atoms with van der Waals surface area (Å²) in [6.45, 7) is 0.396. The average molecular weight is 366 g/mol. The Balaban J connectivity index is 1.81. The number of hydrogen-bond donors (Lipinski definition) is 2. The van der Waals surface area contributed by atoms with Crippen LogP contribution in [0.5, 0.6) is 5.75 Å². The van der Waals surface area contributed by atoms with E-state index in [4.69, 9.17) is 4.74 Å². The van der Waals surface area contributed by atoms with Crippen LogP contribution < -0.4 is 15.6 Å². The number of ether oxygens (including phenoxy) is 1. The van der Waals surface area contributed by atoms with Crippen molar-refractivity contribution in [3.8, 4) is 5.75 Å². The molecule has 0 bridgehead atoms. The van der Waals surface area contributed by atoms with Gasteiger partial charge < -0.3 is 15.0 Å². The number of methoxy groups -OCH3 is 1. The van der Waals surface area contributed by atoms with Gasteiger partial charge in [0.05, 0.1) is 18.5 Å². The molecule has 3 aromatic rings. The molecule has 1 unspecified atom stereocenters. The number of hydrogen-bond acceptors (Lipinski definition) is 5. The number of nitrogens with one attached hydrogen (secondary N) is 2. The van der Waals surface area contributed by atoms with Gasteiger partial charge in [0.25, 0.3) is 11.5 Å². The first-order valence-corrected chi connectivity index (χ1v) is 8.57. The summed E-state index contributed by atoms with van der Waals surface area (Å²) in [6, 6.07) is 14.6. The molecule has 7 heteroatoms. The normalized spacial score (nSPS) is 12.1. The van der Waals surface area contributed by atoms with Crippen LogP contribution in [-0.2, 0) is 0 Å². The van der Waals surface area contributed by atoms with Crippen molar-refractivity contribution >= 4 is 16.7 Å². The van der Waals surface area contributed by atoms with Crippen molar-refractivity contribution in [2.75, 3.05) is 27.7 Å². The lowest BCUT2D eigenvalue weighted by Gasteiger charge is -2.25. The molecule has 1 atom stereocenters. The van der Waals surface area contributed by atoms with Gasteiger partial charge in [0.2, 0.25) is 0 Å². The molecule has 0 aliphatic heterocycles. The van der Waals surface area contributed by atoms with Gasteiger partial charge >= 0.3 is 0 Å². The van der Waals surface area contributed by atoms with Crippen LogP contribution in [0.4, 0.5) is 0 Å². The first-order chi connectivity index (χ1) is 13.0. The SMILES string of the molecule is COc1ccc(C(CNC(=O)c2n[nH]c(=O)c3ccccc23)N(C)C)cc1. The van der Waals surface area contributed by atoms with Gasteiger partial charge in [-0.25, -0.2) is 5.10 Å². The van der Waals surface area contributed by atoms with Gasteiger partial charge in [-0.3, -0.25) is 9.59 Å². The highest BCUT2D eigenvalue weighted by molar-refractivity contribution is 6.04. The van der Waals surface area contributed by atoms with Crippen molar-refractivity contribution < 1.29 is 9.53 Å². The quantitative estimate of drug-likeness (QED) is 0.696. The number of aromatic amines is 1. The molecule has 27 heavy (non-hydrogen) atoms. The van der Waals surface area contributed by atoms with Gasteiger partial charge in [-0.15, -0.1) is 0 Å². The maximum atomic E-state index is 12.7. The second kappa shape index (κ2) is 8.01. The van der Waals surface area contributed by atoms with Crippen molar-refractivity contribution in [3.63, 3.8) is 0 Å². The molecule has 0 fully saturated rings. The zero-order chi connectivity index (χ0) is 19.4. The van der Waals surface area contributed by atoms with Crippen LogP contribution in [0, 0.1) is 0 Å². The number of rotatable bonds is 6. The zero-order valence-electron chi connectivity index (χ0n) is 15.5. The van der Waals surface area contributed by atoms with Gasteiger partial charge in [-0.1, -0.05) is 30.3 Å². The van der Waals surface area contributed by atoms with Crippen LogP contribution >= 0.6 is 0 Å². The summed E-state index contributed by atoms with van der Waals surface area (Å²) in [5, 5.41) is 10.2. The molecule has 2 N–H and O–H groups in total. The third kappa shape index (κ3) is 3.98. The van der Waals surface area contributed by atoms with E-state index in [0.29, 0.717) is 17.3 Å². The van der Waals surface area contributed by atoms with Crippen LogP contribution in [-0.4, -0.2) is 48.8 Å². The Morgan fingerprint density at radius 1 is 1.15 bits per heavy atom. The summed E-state index contributed by atoms with van der Waals surface area (Å²) < 4.78 is 5.20. The van der Waals surface area contributed by atoms with E-state index in [1.54, 1.807) is 31.4 Å². The topological polar surface area (TPSA) is 87.3 Å². The molecule has 3 rings (SSSR count). The maximum Gasteiger partial charge on any atom is 0.272 e. The van der Waals surface area contributed by atoms with E-state index >= 15 is 0 Å². The Morgan fingerprint density at radius 3 is 2.44 bits per heavy atom. The van der Waals surface area contributed by atoms with E-state index in [-0.39, 0.29) is 23.2 Å². The molecule has 1 heterocycles. The molecule has 0 saturated carbocycles. The first-order valence-electron chi connectivity index (χ1n) is 8.57. The smallest absolute Gasteiger partial charge is 0.272 e. The standard InChI is InChI=1S/C20H22N4O3/c1-24(2)17(13-8-10-14(27-3)11-9-13)12-21-20(26)18-15-6-4-5-7-16(15)19(25)23-22-18/h4-11,17H,12H2,1-3H3,(H,21,26)(H,23,25). The molecule has 0 aliphatic carbocycles. The first kappa shape index (κ1) is 18.6. The van der Waals surface area contributed by atoms with Gasteiger partial charge in [0, 0.05) is 11.9 Å². The van der Waals surface area contributed by atoms with E-state index in [2.05, 4.69) is 15.5 Å². The number of likely N-dealkylation sites (N-methyl/N-ethyl adjacent to an activating group) is 1. The average Bonchev–Trinajstić information content (AvgIpc) is 2.68. The number of carbonyl (C=O) groups excluding carboxylic acids is 1. The lowest BCUT2D eigenvalue weighted by Crippen LogP contribution is -2.35. The van der Waals surface area contributed by atoms with Crippen molar-refractivity contribution in [1.29, 1.82) is 0 Å². The molecule has 0 spiro atoms. The van der Waals surface area contributed by atoms with Crippen LogP contribution in [0.15, 0.2) is 53.3 Å².